The van der Waals surface area contributed by atoms with Crippen molar-refractivity contribution < 1.29 is 35.1 Å². The molecular formula is C8H16O7. The molecule has 0 aromatic rings. The first-order chi connectivity index (χ1) is 6.99. The zero-order valence-electron chi connectivity index (χ0n) is 8.22. The summed E-state index contributed by atoms with van der Waals surface area (Å²) in [5.41, 5.74) is 0. The third-order valence-corrected chi connectivity index (χ3v) is 2.05. The Morgan fingerprint density at radius 2 is 1.67 bits per heavy atom. The molecule has 7 heteroatoms. The minimum Gasteiger partial charge on any atom is -0.394 e. The molecule has 0 aliphatic heterocycles. The number of rotatable bonds is 7. The van der Waals surface area contributed by atoms with E-state index in [9.17, 15) is 15.0 Å². The maximum atomic E-state index is 10.1. The van der Waals surface area contributed by atoms with E-state index in [-0.39, 0.29) is 6.29 Å². The second-order valence-electron chi connectivity index (χ2n) is 3.06. The van der Waals surface area contributed by atoms with Crippen molar-refractivity contribution in [3.05, 3.63) is 0 Å². The number of methoxy groups -OCH3 is 1. The molecule has 0 aromatic heterocycles. The van der Waals surface area contributed by atoms with Crippen molar-refractivity contribution in [1.82, 2.24) is 0 Å². The van der Waals surface area contributed by atoms with Crippen molar-refractivity contribution in [2.24, 2.45) is 0 Å². The van der Waals surface area contributed by atoms with Gasteiger partial charge in [-0.2, -0.15) is 0 Å². The highest BCUT2D eigenvalue weighted by Crippen LogP contribution is 2.09. The molecular weight excluding hydrogens is 208 g/mol. The maximum Gasteiger partial charge on any atom is 0.151 e. The molecule has 0 saturated heterocycles. The van der Waals surface area contributed by atoms with Gasteiger partial charge >= 0.3 is 0 Å². The van der Waals surface area contributed by atoms with Crippen LogP contribution < -0.4 is 0 Å². The molecule has 0 rings (SSSR count). The summed E-state index contributed by atoms with van der Waals surface area (Å²) in [7, 11) is 1.19. The van der Waals surface area contributed by atoms with E-state index in [1.54, 1.807) is 0 Å². The molecule has 5 atom stereocenters. The van der Waals surface area contributed by atoms with Gasteiger partial charge in [0.15, 0.2) is 6.29 Å². The Balaban J connectivity index is 4.40. The van der Waals surface area contributed by atoms with E-state index in [4.69, 9.17) is 15.3 Å². The summed E-state index contributed by atoms with van der Waals surface area (Å²) in [6.45, 7) is -0.571. The molecule has 0 heterocycles. The topological polar surface area (TPSA) is 127 Å². The Labute approximate surface area is 86.5 Å². The van der Waals surface area contributed by atoms with E-state index in [0.717, 1.165) is 0 Å². The van der Waals surface area contributed by atoms with E-state index in [1.165, 1.54) is 7.11 Å². The van der Waals surface area contributed by atoms with Crippen molar-refractivity contribution in [1.29, 1.82) is 0 Å². The summed E-state index contributed by atoms with van der Waals surface area (Å²) in [4.78, 5) is 10.1. The molecule has 7 nitrogen and oxygen atoms in total. The molecule has 0 aliphatic rings. The van der Waals surface area contributed by atoms with Gasteiger partial charge in [-0.25, -0.2) is 0 Å². The molecule has 0 fully saturated rings. The van der Waals surface area contributed by atoms with Gasteiger partial charge in [-0.1, -0.05) is 0 Å². The second-order valence-corrected chi connectivity index (χ2v) is 3.06. The van der Waals surface area contributed by atoms with Crippen LogP contribution in [-0.4, -0.2) is 76.1 Å². The lowest BCUT2D eigenvalue weighted by atomic mass is 10.00. The van der Waals surface area contributed by atoms with Crippen molar-refractivity contribution in [2.45, 2.75) is 30.5 Å². The fourth-order valence-corrected chi connectivity index (χ4v) is 1.03. The first-order valence-corrected chi connectivity index (χ1v) is 4.30. The number of ether oxygens (including phenoxy) is 1. The summed E-state index contributed by atoms with van der Waals surface area (Å²) < 4.78 is 4.60. The second kappa shape index (κ2) is 6.83. The van der Waals surface area contributed by atoms with Gasteiger partial charge in [0.1, 0.15) is 30.5 Å². The van der Waals surface area contributed by atoms with Crippen LogP contribution in [0, 0.1) is 0 Å². The number of aldehydes is 1. The van der Waals surface area contributed by atoms with Crippen molar-refractivity contribution in [3.8, 4) is 0 Å². The minimum atomic E-state index is -1.83. The van der Waals surface area contributed by atoms with Crippen LogP contribution in [0.2, 0.25) is 0 Å². The molecule has 5 N–H and O–H groups in total. The number of aliphatic hydroxyl groups excluding tert-OH is 5. The molecule has 0 bridgehead atoms. The fourth-order valence-electron chi connectivity index (χ4n) is 1.03. The standard InChI is InChI=1S/C8H16O7/c1-15-5(3-10)7(13)8(14)6(12)4(11)2-9/h2,4-8,10-14H,3H2,1H3/t4-,5-,6+,7+,8+/m1/s1. The van der Waals surface area contributed by atoms with Gasteiger partial charge in [0.05, 0.1) is 6.61 Å². The largest absolute Gasteiger partial charge is 0.394 e. The fraction of sp³-hybridized carbons (Fsp3) is 0.875. The highest BCUT2D eigenvalue weighted by Gasteiger charge is 2.34. The van der Waals surface area contributed by atoms with Crippen molar-refractivity contribution in [3.63, 3.8) is 0 Å². The summed E-state index contributed by atoms with van der Waals surface area (Å²) in [6.07, 6.45) is -8.10. The normalized spacial score (nSPS) is 21.5. The monoisotopic (exact) mass is 224 g/mol. The number of hydrogen-bond donors (Lipinski definition) is 5. The predicted octanol–water partition coefficient (Wildman–Crippen LogP) is -3.36. The number of carbonyl (C=O) groups is 1. The first-order valence-electron chi connectivity index (χ1n) is 4.30. The third-order valence-electron chi connectivity index (χ3n) is 2.05. The Morgan fingerprint density at radius 3 is 2.00 bits per heavy atom. The van der Waals surface area contributed by atoms with E-state index < -0.39 is 37.1 Å². The van der Waals surface area contributed by atoms with Crippen LogP contribution in [0.1, 0.15) is 0 Å². The average molecular weight is 224 g/mol. The third kappa shape index (κ3) is 3.82. The van der Waals surface area contributed by atoms with Crippen molar-refractivity contribution >= 4 is 6.29 Å². The molecule has 0 saturated carbocycles. The molecule has 0 aliphatic carbocycles. The summed E-state index contributed by atoms with van der Waals surface area (Å²) in [6, 6.07) is 0. The van der Waals surface area contributed by atoms with Crippen LogP contribution >= 0.6 is 0 Å². The smallest absolute Gasteiger partial charge is 0.151 e. The summed E-state index contributed by atoms with van der Waals surface area (Å²) in [5.74, 6) is 0. The molecule has 0 aromatic carbocycles. The Kier molecular flexibility index (Phi) is 6.57. The number of carbonyl (C=O) groups excluding carboxylic acids is 1. The predicted molar refractivity (Wildman–Crippen MR) is 48.0 cm³/mol. The zero-order valence-corrected chi connectivity index (χ0v) is 8.22. The maximum absolute atomic E-state index is 10.1. The van der Waals surface area contributed by atoms with E-state index >= 15 is 0 Å². The molecule has 90 valence electrons. The Bertz CT molecular complexity index is 182. The quantitative estimate of drug-likeness (QED) is 0.286. The van der Waals surface area contributed by atoms with Crippen LogP contribution in [-0.2, 0) is 9.53 Å². The van der Waals surface area contributed by atoms with Gasteiger partial charge in [-0.05, 0) is 0 Å². The highest BCUT2D eigenvalue weighted by atomic mass is 16.5. The van der Waals surface area contributed by atoms with Crippen molar-refractivity contribution in [2.75, 3.05) is 13.7 Å². The van der Waals surface area contributed by atoms with Crippen LogP contribution in [0.25, 0.3) is 0 Å². The van der Waals surface area contributed by atoms with Gasteiger partial charge in [-0.3, -0.25) is 0 Å². The lowest BCUT2D eigenvalue weighted by Crippen LogP contribution is -2.50. The molecule has 15 heavy (non-hydrogen) atoms. The van der Waals surface area contributed by atoms with Gasteiger partial charge in [0.25, 0.3) is 0 Å². The van der Waals surface area contributed by atoms with E-state index in [2.05, 4.69) is 4.74 Å². The Morgan fingerprint density at radius 1 is 1.13 bits per heavy atom. The zero-order chi connectivity index (χ0) is 12.0. The lowest BCUT2D eigenvalue weighted by molar-refractivity contribution is -0.152. The van der Waals surface area contributed by atoms with Gasteiger partial charge < -0.3 is 35.1 Å². The molecule has 0 spiro atoms. The van der Waals surface area contributed by atoms with Gasteiger partial charge in [-0.15, -0.1) is 0 Å². The Hall–Kier alpha value is -0.570. The SMILES string of the molecule is CO[C@H](CO)[C@H](O)[C@@H](O)[C@@H](O)[C@H](O)C=O. The van der Waals surface area contributed by atoms with Crippen LogP contribution in [0.15, 0.2) is 0 Å². The van der Waals surface area contributed by atoms with Crippen LogP contribution in [0.5, 0.6) is 0 Å². The molecule has 0 unspecified atom stereocenters. The van der Waals surface area contributed by atoms with Crippen LogP contribution in [0.4, 0.5) is 0 Å². The number of aliphatic hydroxyl groups is 5. The van der Waals surface area contributed by atoms with E-state index in [1.807, 2.05) is 0 Å². The van der Waals surface area contributed by atoms with E-state index in [0.29, 0.717) is 0 Å². The van der Waals surface area contributed by atoms with Gasteiger partial charge in [0, 0.05) is 7.11 Å². The number of hydrogen-bond acceptors (Lipinski definition) is 7. The lowest BCUT2D eigenvalue weighted by Gasteiger charge is -2.28. The summed E-state index contributed by atoms with van der Waals surface area (Å²) in [5, 5.41) is 45.4. The molecule has 0 radical (unpaired) electrons. The highest BCUT2D eigenvalue weighted by molar-refractivity contribution is 5.56. The minimum absolute atomic E-state index is 0.0291. The van der Waals surface area contributed by atoms with Gasteiger partial charge in [0.2, 0.25) is 0 Å². The average Bonchev–Trinajstić information content (AvgIpc) is 2.27. The summed E-state index contributed by atoms with van der Waals surface area (Å²) >= 11 is 0. The molecule has 0 amide bonds. The first kappa shape index (κ1) is 14.4. The van der Waals surface area contributed by atoms with Crippen LogP contribution in [0.3, 0.4) is 0 Å².